The fourth-order valence-electron chi connectivity index (χ4n) is 5.57. The molecule has 6 nitrogen and oxygen atoms in total. The molecule has 0 saturated carbocycles. The zero-order valence-corrected chi connectivity index (χ0v) is 28.4. The molecule has 0 saturated heterocycles. The van der Waals surface area contributed by atoms with Gasteiger partial charge in [-0.2, -0.15) is 0 Å². The maximum atomic E-state index is 12.7. The Labute approximate surface area is 261 Å². The Balaban J connectivity index is 4.18. The predicted octanol–water partition coefficient (Wildman–Crippen LogP) is 9.34. The lowest BCUT2D eigenvalue weighted by molar-refractivity contribution is -0.150. The van der Waals surface area contributed by atoms with E-state index >= 15 is 0 Å². The largest absolute Gasteiger partial charge is 0.462 e. The number of aliphatic hydroxyl groups is 2. The highest BCUT2D eigenvalue weighted by atomic mass is 16.6. The summed E-state index contributed by atoms with van der Waals surface area (Å²) in [5.41, 5.74) is 0. The van der Waals surface area contributed by atoms with Crippen molar-refractivity contribution in [2.24, 2.45) is 0 Å². The number of unbranched alkanes of at least 4 members (excludes halogenated alkanes) is 16. The van der Waals surface area contributed by atoms with Crippen molar-refractivity contribution in [2.45, 2.75) is 194 Å². The first-order chi connectivity index (χ1) is 20.6. The van der Waals surface area contributed by atoms with Crippen LogP contribution in [0.2, 0.25) is 0 Å². The Kier molecular flexibility index (Phi) is 32.7. The third kappa shape index (κ3) is 29.4. The van der Waals surface area contributed by atoms with Crippen LogP contribution in [0.3, 0.4) is 0 Å². The zero-order valence-electron chi connectivity index (χ0n) is 28.4. The fraction of sp³-hybridized carbons (Fsp3) is 0.972. The van der Waals surface area contributed by atoms with E-state index in [0.717, 1.165) is 96.6 Å². The van der Waals surface area contributed by atoms with Crippen LogP contribution in [0.1, 0.15) is 181 Å². The fourth-order valence-corrected chi connectivity index (χ4v) is 5.57. The van der Waals surface area contributed by atoms with Gasteiger partial charge >= 0.3 is 5.97 Å². The number of esters is 1. The summed E-state index contributed by atoms with van der Waals surface area (Å²) in [6, 6.07) is 0. The number of aliphatic hydroxyl groups excluding tert-OH is 2. The summed E-state index contributed by atoms with van der Waals surface area (Å²) in [5, 5.41) is 19.4. The van der Waals surface area contributed by atoms with Gasteiger partial charge in [0.25, 0.3) is 0 Å². The molecule has 0 amide bonds. The van der Waals surface area contributed by atoms with Gasteiger partial charge < -0.3 is 24.6 Å². The Morgan fingerprint density at radius 3 is 1.64 bits per heavy atom. The molecule has 1 atom stereocenters. The van der Waals surface area contributed by atoms with E-state index in [1.54, 1.807) is 0 Å². The summed E-state index contributed by atoms with van der Waals surface area (Å²) in [6.07, 6.45) is 27.6. The first-order valence-corrected chi connectivity index (χ1v) is 18.4. The quantitative estimate of drug-likeness (QED) is 0.0436. The molecule has 2 N–H and O–H groups in total. The molecular weight excluding hydrogens is 526 g/mol. The Hall–Kier alpha value is -0.690. The molecule has 0 bridgehead atoms. The Morgan fingerprint density at radius 1 is 0.595 bits per heavy atom. The summed E-state index contributed by atoms with van der Waals surface area (Å²) in [4.78, 5) is 15.0. The molecule has 0 aromatic heterocycles. The number of hydrogen-bond acceptors (Lipinski definition) is 6. The molecule has 42 heavy (non-hydrogen) atoms. The van der Waals surface area contributed by atoms with Crippen molar-refractivity contribution in [2.75, 3.05) is 32.8 Å². The minimum atomic E-state index is -0.616. The van der Waals surface area contributed by atoms with Gasteiger partial charge in [0.1, 0.15) is 6.10 Å². The monoisotopic (exact) mass is 600 g/mol. The second kappa shape index (κ2) is 33.2. The molecule has 0 aliphatic rings. The van der Waals surface area contributed by atoms with Gasteiger partial charge in [-0.05, 0) is 70.9 Å². The first kappa shape index (κ1) is 41.3. The topological polar surface area (TPSA) is 79.2 Å². The molecular formula is C36H73NO5. The van der Waals surface area contributed by atoms with Crippen molar-refractivity contribution in [3.05, 3.63) is 0 Å². The summed E-state index contributed by atoms with van der Waals surface area (Å²) >= 11 is 0. The second-order valence-electron chi connectivity index (χ2n) is 12.5. The van der Waals surface area contributed by atoms with E-state index in [1.807, 2.05) is 0 Å². The van der Waals surface area contributed by atoms with Gasteiger partial charge in [0, 0.05) is 19.6 Å². The van der Waals surface area contributed by atoms with Gasteiger partial charge in [-0.3, -0.25) is 4.79 Å². The van der Waals surface area contributed by atoms with E-state index in [-0.39, 0.29) is 18.7 Å². The van der Waals surface area contributed by atoms with Crippen LogP contribution in [0, 0.1) is 0 Å². The van der Waals surface area contributed by atoms with Gasteiger partial charge in [0.15, 0.2) is 6.29 Å². The molecule has 0 aromatic carbocycles. The maximum absolute atomic E-state index is 12.7. The van der Waals surface area contributed by atoms with E-state index in [1.165, 1.54) is 70.6 Å². The summed E-state index contributed by atoms with van der Waals surface area (Å²) in [6.45, 7) is 9.93. The van der Waals surface area contributed by atoms with Gasteiger partial charge in [-0.15, -0.1) is 0 Å². The van der Waals surface area contributed by atoms with Gasteiger partial charge in [-0.25, -0.2) is 0 Å². The smallest absolute Gasteiger partial charge is 0.306 e. The van der Waals surface area contributed by atoms with Gasteiger partial charge in [0.2, 0.25) is 0 Å². The van der Waals surface area contributed by atoms with Crippen molar-refractivity contribution in [3.63, 3.8) is 0 Å². The molecule has 0 rings (SSSR count). The summed E-state index contributed by atoms with van der Waals surface area (Å²) in [7, 11) is 0. The summed E-state index contributed by atoms with van der Waals surface area (Å²) in [5.74, 6) is -0.0440. The number of rotatable bonds is 34. The zero-order chi connectivity index (χ0) is 30.9. The molecule has 252 valence electrons. The SMILES string of the molecule is CCCCCCCCC(CCCCCCCC)OC(=O)CCCN(CCO)CCCCCCCC(O)OCCCCC. The first-order valence-electron chi connectivity index (χ1n) is 18.4. The third-order valence-corrected chi connectivity index (χ3v) is 8.31. The van der Waals surface area contributed by atoms with Crippen molar-refractivity contribution in [3.8, 4) is 0 Å². The summed E-state index contributed by atoms with van der Waals surface area (Å²) < 4.78 is 11.5. The predicted molar refractivity (Wildman–Crippen MR) is 178 cm³/mol. The highest BCUT2D eigenvalue weighted by molar-refractivity contribution is 5.69. The Bertz CT molecular complexity index is 531. The molecule has 0 heterocycles. The van der Waals surface area contributed by atoms with E-state index in [4.69, 9.17) is 9.47 Å². The molecule has 0 spiro atoms. The van der Waals surface area contributed by atoms with Crippen molar-refractivity contribution in [1.82, 2.24) is 4.90 Å². The van der Waals surface area contributed by atoms with Crippen LogP contribution < -0.4 is 0 Å². The average molecular weight is 600 g/mol. The second-order valence-corrected chi connectivity index (χ2v) is 12.5. The van der Waals surface area contributed by atoms with Crippen molar-refractivity contribution in [1.29, 1.82) is 0 Å². The van der Waals surface area contributed by atoms with E-state index in [2.05, 4.69) is 25.7 Å². The van der Waals surface area contributed by atoms with Crippen LogP contribution in [0.4, 0.5) is 0 Å². The lowest BCUT2D eigenvalue weighted by atomic mass is 10.0. The van der Waals surface area contributed by atoms with Crippen LogP contribution in [0.25, 0.3) is 0 Å². The highest BCUT2D eigenvalue weighted by Crippen LogP contribution is 2.18. The number of nitrogens with zero attached hydrogens (tertiary/aromatic N) is 1. The standard InChI is InChI=1S/C36H73NO5/c1-4-7-10-12-15-19-25-34(26-20-16-13-11-8-5-2)42-36(40)28-24-30-37(31-32-38)29-22-18-14-17-21-27-35(39)41-33-23-9-6-3/h34-35,38-39H,4-33H2,1-3H3. The molecule has 0 aliphatic heterocycles. The number of carbonyl (C=O) groups is 1. The lowest BCUT2D eigenvalue weighted by Crippen LogP contribution is -2.29. The van der Waals surface area contributed by atoms with Crippen molar-refractivity contribution >= 4 is 5.97 Å². The third-order valence-electron chi connectivity index (χ3n) is 8.31. The molecule has 1 unspecified atom stereocenters. The highest BCUT2D eigenvalue weighted by Gasteiger charge is 2.15. The number of carbonyl (C=O) groups excluding carboxylic acids is 1. The molecule has 0 fully saturated rings. The minimum absolute atomic E-state index is 0.0440. The van der Waals surface area contributed by atoms with Crippen molar-refractivity contribution < 1.29 is 24.5 Å². The van der Waals surface area contributed by atoms with Crippen LogP contribution in [0.5, 0.6) is 0 Å². The van der Waals surface area contributed by atoms with Crippen LogP contribution in [-0.4, -0.2) is 66.3 Å². The lowest BCUT2D eigenvalue weighted by Gasteiger charge is -2.22. The minimum Gasteiger partial charge on any atom is -0.462 e. The van der Waals surface area contributed by atoms with Gasteiger partial charge in [-0.1, -0.05) is 117 Å². The molecule has 6 heteroatoms. The van der Waals surface area contributed by atoms with Gasteiger partial charge in [0.05, 0.1) is 6.61 Å². The van der Waals surface area contributed by atoms with Crippen LogP contribution in [-0.2, 0) is 14.3 Å². The van der Waals surface area contributed by atoms with E-state index < -0.39 is 6.29 Å². The van der Waals surface area contributed by atoms with Crippen LogP contribution in [0.15, 0.2) is 0 Å². The van der Waals surface area contributed by atoms with E-state index in [9.17, 15) is 15.0 Å². The molecule has 0 radical (unpaired) electrons. The molecule has 0 aliphatic carbocycles. The van der Waals surface area contributed by atoms with Crippen LogP contribution >= 0.6 is 0 Å². The average Bonchev–Trinajstić information content (AvgIpc) is 2.98. The number of ether oxygens (including phenoxy) is 2. The maximum Gasteiger partial charge on any atom is 0.306 e. The molecule has 0 aromatic rings. The Morgan fingerprint density at radius 2 is 1.07 bits per heavy atom. The normalized spacial score (nSPS) is 12.5. The van der Waals surface area contributed by atoms with E-state index in [0.29, 0.717) is 19.6 Å². The number of hydrogen-bond donors (Lipinski definition) is 2.